The minimum Gasteiger partial charge on any atom is -0.485 e. The maximum Gasteiger partial charge on any atom is 0.351 e. The topological polar surface area (TPSA) is 97.7 Å². The van der Waals surface area contributed by atoms with E-state index >= 15 is 0 Å². The summed E-state index contributed by atoms with van der Waals surface area (Å²) < 4.78 is 15.9. The molecular formula is C18H13ClN2O5. The number of anilines is 1. The summed E-state index contributed by atoms with van der Waals surface area (Å²) in [5, 5.41) is 11.9. The second-order valence-electron chi connectivity index (χ2n) is 5.32. The van der Waals surface area contributed by atoms with E-state index in [4.69, 9.17) is 31.1 Å². The van der Waals surface area contributed by atoms with E-state index in [9.17, 15) is 9.59 Å². The van der Waals surface area contributed by atoms with Crippen molar-refractivity contribution < 1.29 is 23.8 Å². The molecule has 1 N–H and O–H groups in total. The van der Waals surface area contributed by atoms with Crippen molar-refractivity contribution in [3.63, 3.8) is 0 Å². The van der Waals surface area contributed by atoms with Crippen LogP contribution in [0.2, 0.25) is 5.02 Å². The summed E-state index contributed by atoms with van der Waals surface area (Å²) >= 11 is 5.85. The number of benzene rings is 2. The summed E-state index contributed by atoms with van der Waals surface area (Å²) in [7, 11) is 0. The second kappa shape index (κ2) is 7.76. The first-order chi connectivity index (χ1) is 12.6. The molecule has 2 aromatic carbocycles. The van der Waals surface area contributed by atoms with Gasteiger partial charge in [-0.3, -0.25) is 4.79 Å². The van der Waals surface area contributed by atoms with Gasteiger partial charge in [0, 0.05) is 5.02 Å². The van der Waals surface area contributed by atoms with Crippen LogP contribution in [0.25, 0.3) is 0 Å². The van der Waals surface area contributed by atoms with Gasteiger partial charge < -0.3 is 19.5 Å². The number of halogens is 1. The van der Waals surface area contributed by atoms with Crippen molar-refractivity contribution in [1.82, 2.24) is 0 Å². The zero-order valence-electron chi connectivity index (χ0n) is 13.4. The molecule has 7 nitrogen and oxygen atoms in total. The summed E-state index contributed by atoms with van der Waals surface area (Å²) in [5.41, 5.74) is 0.488. The van der Waals surface area contributed by atoms with Gasteiger partial charge in [-0.05, 0) is 30.3 Å². The number of para-hydroxylation sites is 2. The molecule has 1 aliphatic heterocycles. The molecule has 8 heteroatoms. The van der Waals surface area contributed by atoms with Crippen LogP contribution in [0.3, 0.4) is 0 Å². The number of carbonyl (C=O) groups is 2. The summed E-state index contributed by atoms with van der Waals surface area (Å²) in [5.74, 6) is -0.350. The molecule has 1 heterocycles. The Hall–Kier alpha value is -3.24. The monoisotopic (exact) mass is 372 g/mol. The summed E-state index contributed by atoms with van der Waals surface area (Å²) in [4.78, 5) is 24.0. The van der Waals surface area contributed by atoms with Crippen LogP contribution < -0.4 is 14.8 Å². The lowest BCUT2D eigenvalue weighted by Crippen LogP contribution is -2.39. The first-order valence-corrected chi connectivity index (χ1v) is 7.99. The van der Waals surface area contributed by atoms with Crippen LogP contribution in [0.5, 0.6) is 11.5 Å². The first-order valence-electron chi connectivity index (χ1n) is 7.61. The first kappa shape index (κ1) is 17.6. The Bertz CT molecular complexity index is 893. The number of rotatable bonds is 4. The molecule has 0 fully saturated rings. The number of hydrogen-bond acceptors (Lipinski definition) is 6. The van der Waals surface area contributed by atoms with E-state index in [0.717, 1.165) is 0 Å². The van der Waals surface area contributed by atoms with E-state index in [1.165, 1.54) is 18.2 Å². The molecule has 3 rings (SSSR count). The van der Waals surface area contributed by atoms with Gasteiger partial charge in [-0.1, -0.05) is 23.7 Å². The molecule has 1 unspecified atom stereocenters. The molecule has 2 aromatic rings. The van der Waals surface area contributed by atoms with Gasteiger partial charge in [0.05, 0.1) is 11.3 Å². The minimum atomic E-state index is -0.960. The Morgan fingerprint density at radius 2 is 2.04 bits per heavy atom. The molecule has 0 spiro atoms. The smallest absolute Gasteiger partial charge is 0.351 e. The number of ether oxygens (including phenoxy) is 3. The standard InChI is InChI=1S/C18H13ClN2O5/c19-12-6-5-11(8-20)13(7-12)21-17(22)10-25-18(23)16-9-24-14-3-1-2-4-15(14)26-16/h1-7,16H,9-10H2,(H,21,22). The molecule has 132 valence electrons. The van der Waals surface area contributed by atoms with Gasteiger partial charge in [0.15, 0.2) is 18.1 Å². The van der Waals surface area contributed by atoms with Crippen LogP contribution in [0.15, 0.2) is 42.5 Å². The van der Waals surface area contributed by atoms with E-state index in [1.807, 2.05) is 6.07 Å². The highest BCUT2D eigenvalue weighted by Gasteiger charge is 2.29. The molecule has 0 bridgehead atoms. The number of nitrogens with one attached hydrogen (secondary N) is 1. The number of fused-ring (bicyclic) bond motifs is 1. The molecule has 0 radical (unpaired) electrons. The molecule has 0 saturated heterocycles. The molecule has 0 saturated carbocycles. The van der Waals surface area contributed by atoms with Gasteiger partial charge in [0.2, 0.25) is 6.10 Å². The summed E-state index contributed by atoms with van der Waals surface area (Å²) in [6.07, 6.45) is -0.960. The van der Waals surface area contributed by atoms with Gasteiger partial charge >= 0.3 is 5.97 Å². The van der Waals surface area contributed by atoms with Crippen LogP contribution >= 0.6 is 11.6 Å². The molecule has 1 aliphatic rings. The van der Waals surface area contributed by atoms with Crippen molar-refractivity contribution in [2.45, 2.75) is 6.10 Å². The summed E-state index contributed by atoms with van der Waals surface area (Å²) in [6.45, 7) is -0.540. The average molecular weight is 373 g/mol. The fourth-order valence-electron chi connectivity index (χ4n) is 2.27. The van der Waals surface area contributed by atoms with E-state index in [2.05, 4.69) is 5.32 Å². The predicted molar refractivity (Wildman–Crippen MR) is 92.1 cm³/mol. The highest BCUT2D eigenvalue weighted by atomic mass is 35.5. The maximum atomic E-state index is 12.1. The van der Waals surface area contributed by atoms with Crippen molar-refractivity contribution >= 4 is 29.2 Å². The Morgan fingerprint density at radius 1 is 1.27 bits per heavy atom. The van der Waals surface area contributed by atoms with Gasteiger partial charge in [0.25, 0.3) is 5.91 Å². The van der Waals surface area contributed by atoms with Crippen LogP contribution in [0.4, 0.5) is 5.69 Å². The van der Waals surface area contributed by atoms with Crippen LogP contribution in [-0.4, -0.2) is 31.2 Å². The van der Waals surface area contributed by atoms with Crippen molar-refractivity contribution in [2.24, 2.45) is 0 Å². The van der Waals surface area contributed by atoms with Crippen molar-refractivity contribution in [3.05, 3.63) is 53.1 Å². The van der Waals surface area contributed by atoms with Crippen molar-refractivity contribution in [1.29, 1.82) is 5.26 Å². The molecule has 26 heavy (non-hydrogen) atoms. The van der Waals surface area contributed by atoms with Crippen LogP contribution in [-0.2, 0) is 14.3 Å². The second-order valence-corrected chi connectivity index (χ2v) is 5.76. The fourth-order valence-corrected chi connectivity index (χ4v) is 2.44. The number of nitriles is 1. The molecule has 1 amide bonds. The lowest BCUT2D eigenvalue weighted by molar-refractivity contribution is -0.156. The highest BCUT2D eigenvalue weighted by molar-refractivity contribution is 6.31. The lowest BCUT2D eigenvalue weighted by atomic mass is 10.2. The quantitative estimate of drug-likeness (QED) is 0.828. The number of carbonyl (C=O) groups excluding carboxylic acids is 2. The van der Waals surface area contributed by atoms with Gasteiger partial charge in [-0.2, -0.15) is 5.26 Å². The summed E-state index contributed by atoms with van der Waals surface area (Å²) in [6, 6.07) is 13.3. The maximum absolute atomic E-state index is 12.1. The third-order valence-electron chi connectivity index (χ3n) is 3.49. The highest BCUT2D eigenvalue weighted by Crippen LogP contribution is 2.31. The SMILES string of the molecule is N#Cc1ccc(Cl)cc1NC(=O)COC(=O)C1COc2ccccc2O1. The number of hydrogen-bond donors (Lipinski definition) is 1. The lowest BCUT2D eigenvalue weighted by Gasteiger charge is -2.24. The molecule has 1 atom stereocenters. The van der Waals surface area contributed by atoms with Gasteiger partial charge in [-0.25, -0.2) is 4.79 Å². The minimum absolute atomic E-state index is 0.00958. The largest absolute Gasteiger partial charge is 0.485 e. The van der Waals surface area contributed by atoms with E-state index in [-0.39, 0.29) is 17.9 Å². The van der Waals surface area contributed by atoms with Crippen LogP contribution in [0.1, 0.15) is 5.56 Å². The zero-order valence-corrected chi connectivity index (χ0v) is 14.2. The van der Waals surface area contributed by atoms with Gasteiger partial charge in [0.1, 0.15) is 12.7 Å². The third kappa shape index (κ3) is 4.05. The Kier molecular flexibility index (Phi) is 5.25. The number of esters is 1. The van der Waals surface area contributed by atoms with E-state index < -0.39 is 24.6 Å². The van der Waals surface area contributed by atoms with Crippen molar-refractivity contribution in [2.75, 3.05) is 18.5 Å². The number of nitrogens with zero attached hydrogens (tertiary/aromatic N) is 1. The Labute approximate surface area is 154 Å². The Balaban J connectivity index is 1.55. The van der Waals surface area contributed by atoms with Crippen LogP contribution in [0, 0.1) is 11.3 Å². The fraction of sp³-hybridized carbons (Fsp3) is 0.167. The molecule has 0 aliphatic carbocycles. The molecule has 0 aromatic heterocycles. The zero-order chi connectivity index (χ0) is 18.5. The predicted octanol–water partition coefficient (Wildman–Crippen LogP) is 2.53. The third-order valence-corrected chi connectivity index (χ3v) is 3.73. The van der Waals surface area contributed by atoms with Crippen molar-refractivity contribution in [3.8, 4) is 17.6 Å². The molecular weight excluding hydrogens is 360 g/mol. The normalized spacial score (nSPS) is 14.8. The van der Waals surface area contributed by atoms with E-state index in [0.29, 0.717) is 16.5 Å². The Morgan fingerprint density at radius 3 is 2.81 bits per heavy atom. The number of amides is 1. The van der Waals surface area contributed by atoms with Gasteiger partial charge in [-0.15, -0.1) is 0 Å². The van der Waals surface area contributed by atoms with E-state index in [1.54, 1.807) is 24.3 Å². The average Bonchev–Trinajstić information content (AvgIpc) is 2.66.